The minimum absolute atomic E-state index is 0.768. The van der Waals surface area contributed by atoms with Gasteiger partial charge in [0.2, 0.25) is 0 Å². The molecule has 0 aliphatic carbocycles. The number of aromatic nitrogens is 2. The van der Waals surface area contributed by atoms with E-state index in [4.69, 9.17) is 0 Å². The number of benzene rings is 1. The molecule has 0 amide bonds. The van der Waals surface area contributed by atoms with Crippen molar-refractivity contribution in [2.75, 3.05) is 6.54 Å². The van der Waals surface area contributed by atoms with Crippen LogP contribution >= 0.6 is 0 Å². The van der Waals surface area contributed by atoms with Gasteiger partial charge in [-0.15, -0.1) is 6.58 Å². The Morgan fingerprint density at radius 3 is 2.62 bits per heavy atom. The second kappa shape index (κ2) is 7.79. The summed E-state index contributed by atoms with van der Waals surface area (Å²) < 4.78 is 1.93. The van der Waals surface area contributed by atoms with Crippen molar-refractivity contribution in [1.29, 1.82) is 0 Å². The summed E-state index contributed by atoms with van der Waals surface area (Å²) in [5.74, 6) is 0. The zero-order valence-corrected chi connectivity index (χ0v) is 13.1. The third-order valence-corrected chi connectivity index (χ3v) is 3.70. The third kappa shape index (κ3) is 4.57. The standard InChI is InChI=1S/C18H25N3/c1-4-12-21-14-18(15(3)20-21)13-19-11-10-17-8-6-16(5-2)7-9-17/h4,6-9,14,19H,1,5,10-13H2,2-3H3. The monoisotopic (exact) mass is 283 g/mol. The number of aryl methyl sites for hydroxylation is 2. The molecule has 21 heavy (non-hydrogen) atoms. The fraction of sp³-hybridized carbons (Fsp3) is 0.389. The van der Waals surface area contributed by atoms with Crippen molar-refractivity contribution in [3.05, 3.63) is 65.5 Å². The molecule has 0 bridgehead atoms. The van der Waals surface area contributed by atoms with Crippen LogP contribution in [-0.2, 0) is 25.9 Å². The Bertz CT molecular complexity index is 567. The van der Waals surface area contributed by atoms with Gasteiger partial charge in [-0.1, -0.05) is 37.3 Å². The van der Waals surface area contributed by atoms with Crippen LogP contribution in [0.3, 0.4) is 0 Å². The summed E-state index contributed by atoms with van der Waals surface area (Å²) in [6.07, 6.45) is 6.13. The van der Waals surface area contributed by atoms with E-state index in [0.29, 0.717) is 0 Å². The van der Waals surface area contributed by atoms with Crippen molar-refractivity contribution in [3.63, 3.8) is 0 Å². The molecule has 0 aliphatic rings. The second-order valence-corrected chi connectivity index (χ2v) is 5.35. The minimum Gasteiger partial charge on any atom is -0.312 e. The summed E-state index contributed by atoms with van der Waals surface area (Å²) in [6.45, 7) is 10.6. The Labute approximate surface area is 127 Å². The van der Waals surface area contributed by atoms with Crippen LogP contribution in [0.1, 0.15) is 29.3 Å². The molecule has 3 heteroatoms. The molecule has 3 nitrogen and oxygen atoms in total. The number of hydrogen-bond acceptors (Lipinski definition) is 2. The molecular weight excluding hydrogens is 258 g/mol. The molecule has 0 spiro atoms. The average Bonchev–Trinajstić information content (AvgIpc) is 2.84. The van der Waals surface area contributed by atoms with Crippen LogP contribution in [0.5, 0.6) is 0 Å². The molecule has 2 rings (SSSR count). The summed E-state index contributed by atoms with van der Waals surface area (Å²) in [5, 5.41) is 7.96. The molecule has 0 radical (unpaired) electrons. The van der Waals surface area contributed by atoms with Crippen LogP contribution in [0.2, 0.25) is 0 Å². The van der Waals surface area contributed by atoms with Crippen LogP contribution in [-0.4, -0.2) is 16.3 Å². The van der Waals surface area contributed by atoms with E-state index in [1.54, 1.807) is 0 Å². The van der Waals surface area contributed by atoms with Crippen molar-refractivity contribution in [1.82, 2.24) is 15.1 Å². The number of rotatable bonds is 8. The van der Waals surface area contributed by atoms with Crippen LogP contribution in [0.15, 0.2) is 43.1 Å². The number of nitrogens with one attached hydrogen (secondary N) is 1. The maximum absolute atomic E-state index is 4.46. The summed E-state index contributed by atoms with van der Waals surface area (Å²) >= 11 is 0. The highest BCUT2D eigenvalue weighted by atomic mass is 15.3. The van der Waals surface area contributed by atoms with Crippen molar-refractivity contribution in [2.24, 2.45) is 0 Å². The van der Waals surface area contributed by atoms with E-state index in [0.717, 1.165) is 38.2 Å². The summed E-state index contributed by atoms with van der Waals surface area (Å²) in [4.78, 5) is 0. The zero-order valence-electron chi connectivity index (χ0n) is 13.1. The lowest BCUT2D eigenvalue weighted by molar-refractivity contribution is 0.680. The van der Waals surface area contributed by atoms with Gasteiger partial charge in [-0.3, -0.25) is 4.68 Å². The topological polar surface area (TPSA) is 29.9 Å². The zero-order chi connectivity index (χ0) is 15.1. The number of nitrogens with zero attached hydrogens (tertiary/aromatic N) is 2. The molecule has 0 unspecified atom stereocenters. The molecule has 0 aliphatic heterocycles. The van der Waals surface area contributed by atoms with Gasteiger partial charge >= 0.3 is 0 Å². The van der Waals surface area contributed by atoms with Gasteiger partial charge in [-0.25, -0.2) is 0 Å². The molecule has 0 fully saturated rings. The Hall–Kier alpha value is -1.87. The van der Waals surface area contributed by atoms with Gasteiger partial charge < -0.3 is 5.32 Å². The molecule has 0 saturated heterocycles. The Morgan fingerprint density at radius 1 is 1.24 bits per heavy atom. The Balaban J connectivity index is 1.77. The maximum Gasteiger partial charge on any atom is 0.0638 e. The molecule has 1 N–H and O–H groups in total. The van der Waals surface area contributed by atoms with E-state index in [9.17, 15) is 0 Å². The fourth-order valence-corrected chi connectivity index (χ4v) is 2.36. The SMILES string of the molecule is C=CCn1cc(CNCCc2ccc(CC)cc2)c(C)n1. The van der Waals surface area contributed by atoms with Crippen molar-refractivity contribution in [2.45, 2.75) is 39.8 Å². The van der Waals surface area contributed by atoms with E-state index in [-0.39, 0.29) is 0 Å². The largest absolute Gasteiger partial charge is 0.312 e. The highest BCUT2D eigenvalue weighted by Gasteiger charge is 2.03. The third-order valence-electron chi connectivity index (χ3n) is 3.70. The van der Waals surface area contributed by atoms with Gasteiger partial charge in [0.25, 0.3) is 0 Å². The predicted octanol–water partition coefficient (Wildman–Crippen LogP) is 3.27. The first-order chi connectivity index (χ1) is 10.2. The smallest absolute Gasteiger partial charge is 0.0638 e. The molecule has 112 valence electrons. The molecule has 0 saturated carbocycles. The molecule has 2 aromatic rings. The Kier molecular flexibility index (Phi) is 5.76. The number of allylic oxidation sites excluding steroid dienone is 1. The Morgan fingerprint density at radius 2 is 1.95 bits per heavy atom. The van der Waals surface area contributed by atoms with Crippen LogP contribution in [0.4, 0.5) is 0 Å². The molecule has 1 heterocycles. The molecule has 0 atom stereocenters. The lowest BCUT2D eigenvalue weighted by atomic mass is 10.1. The number of hydrogen-bond donors (Lipinski definition) is 1. The van der Waals surface area contributed by atoms with Gasteiger partial charge in [0.15, 0.2) is 0 Å². The first kappa shape index (κ1) is 15.5. The normalized spacial score (nSPS) is 10.8. The molecule has 1 aromatic heterocycles. The maximum atomic E-state index is 4.46. The van der Waals surface area contributed by atoms with E-state index in [1.165, 1.54) is 16.7 Å². The van der Waals surface area contributed by atoms with E-state index >= 15 is 0 Å². The van der Waals surface area contributed by atoms with Gasteiger partial charge in [0.05, 0.1) is 12.2 Å². The van der Waals surface area contributed by atoms with Crippen LogP contribution in [0.25, 0.3) is 0 Å². The van der Waals surface area contributed by atoms with Crippen LogP contribution < -0.4 is 5.32 Å². The minimum atomic E-state index is 0.768. The van der Waals surface area contributed by atoms with Crippen LogP contribution in [0, 0.1) is 6.92 Å². The molecular formula is C18H25N3. The van der Waals surface area contributed by atoms with Crippen molar-refractivity contribution in [3.8, 4) is 0 Å². The average molecular weight is 283 g/mol. The second-order valence-electron chi connectivity index (χ2n) is 5.35. The lowest BCUT2D eigenvalue weighted by Gasteiger charge is -2.05. The van der Waals surface area contributed by atoms with Gasteiger partial charge in [-0.2, -0.15) is 5.10 Å². The predicted molar refractivity (Wildman–Crippen MR) is 88.4 cm³/mol. The van der Waals surface area contributed by atoms with E-state index in [2.05, 4.69) is 61.3 Å². The van der Waals surface area contributed by atoms with Gasteiger partial charge in [0.1, 0.15) is 0 Å². The first-order valence-corrected chi connectivity index (χ1v) is 7.65. The molecule has 1 aromatic carbocycles. The lowest BCUT2D eigenvalue weighted by Crippen LogP contribution is -2.16. The van der Waals surface area contributed by atoms with E-state index < -0.39 is 0 Å². The summed E-state index contributed by atoms with van der Waals surface area (Å²) in [5.41, 5.74) is 5.14. The summed E-state index contributed by atoms with van der Waals surface area (Å²) in [6, 6.07) is 8.90. The van der Waals surface area contributed by atoms with Crippen molar-refractivity contribution >= 4 is 0 Å². The van der Waals surface area contributed by atoms with Gasteiger partial charge in [0, 0.05) is 18.3 Å². The van der Waals surface area contributed by atoms with Crippen molar-refractivity contribution < 1.29 is 0 Å². The summed E-state index contributed by atoms with van der Waals surface area (Å²) in [7, 11) is 0. The highest BCUT2D eigenvalue weighted by Crippen LogP contribution is 2.07. The first-order valence-electron chi connectivity index (χ1n) is 7.65. The fourth-order valence-electron chi connectivity index (χ4n) is 2.36. The highest BCUT2D eigenvalue weighted by molar-refractivity contribution is 5.22. The quantitative estimate of drug-likeness (QED) is 0.595. The van der Waals surface area contributed by atoms with Gasteiger partial charge in [-0.05, 0) is 37.4 Å². The van der Waals surface area contributed by atoms with E-state index in [1.807, 2.05) is 10.8 Å².